The summed E-state index contributed by atoms with van der Waals surface area (Å²) in [6, 6.07) is 10.6. The maximum atomic E-state index is 13.4. The summed E-state index contributed by atoms with van der Waals surface area (Å²) in [4.78, 5) is 22.7. The lowest BCUT2D eigenvalue weighted by atomic mass is 10.1. The molecular formula is C24H29N5O3S2. The highest BCUT2D eigenvalue weighted by molar-refractivity contribution is 7.89. The standard InChI is InChI=1S/C24H29N5O3S2/c1-27(2)34(31,32)18-8-10-21(28-11-3-4-12-28)19(16-18)23(30)25-17-7-9-20-22(15-17)33-24(26-20)29-13-5-6-14-29/h7-10,15-16H,3-6,11-14H2,1-2H3,(H,25,30). The Hall–Kier alpha value is -2.69. The average molecular weight is 500 g/mol. The van der Waals surface area contributed by atoms with Crippen molar-refractivity contribution in [3.63, 3.8) is 0 Å². The van der Waals surface area contributed by atoms with Crippen molar-refractivity contribution >= 4 is 54.0 Å². The van der Waals surface area contributed by atoms with E-state index in [2.05, 4.69) is 15.1 Å². The second kappa shape index (κ2) is 9.16. The Morgan fingerprint density at radius 3 is 2.32 bits per heavy atom. The maximum Gasteiger partial charge on any atom is 0.257 e. The summed E-state index contributed by atoms with van der Waals surface area (Å²) in [5.74, 6) is -0.318. The Balaban J connectivity index is 1.46. The van der Waals surface area contributed by atoms with Crippen LogP contribution < -0.4 is 15.1 Å². The highest BCUT2D eigenvalue weighted by atomic mass is 32.2. The fourth-order valence-electron chi connectivity index (χ4n) is 4.53. The molecule has 0 radical (unpaired) electrons. The second-order valence-corrected chi connectivity index (χ2v) is 12.1. The van der Waals surface area contributed by atoms with Crippen molar-refractivity contribution in [2.45, 2.75) is 30.6 Å². The predicted molar refractivity (Wildman–Crippen MR) is 138 cm³/mol. The van der Waals surface area contributed by atoms with Crippen LogP contribution in [0.5, 0.6) is 0 Å². The molecule has 34 heavy (non-hydrogen) atoms. The van der Waals surface area contributed by atoms with Crippen molar-refractivity contribution in [2.24, 2.45) is 0 Å². The zero-order chi connectivity index (χ0) is 23.9. The minimum absolute atomic E-state index is 0.110. The molecule has 8 nitrogen and oxygen atoms in total. The lowest BCUT2D eigenvalue weighted by molar-refractivity contribution is 0.102. The van der Waals surface area contributed by atoms with Gasteiger partial charge in [-0.1, -0.05) is 11.3 Å². The van der Waals surface area contributed by atoms with Crippen molar-refractivity contribution in [2.75, 3.05) is 55.4 Å². The number of benzene rings is 2. The third-order valence-corrected chi connectivity index (χ3v) is 9.34. The first kappa shape index (κ1) is 23.1. The van der Waals surface area contributed by atoms with Crippen LogP contribution in [0.2, 0.25) is 0 Å². The normalized spacial score (nSPS) is 16.7. The monoisotopic (exact) mass is 499 g/mol. The number of rotatable bonds is 6. The fourth-order valence-corrected chi connectivity index (χ4v) is 6.52. The minimum atomic E-state index is -3.66. The largest absolute Gasteiger partial charge is 0.371 e. The van der Waals surface area contributed by atoms with Crippen molar-refractivity contribution in [1.82, 2.24) is 9.29 Å². The molecule has 2 aliphatic heterocycles. The van der Waals surface area contributed by atoms with E-state index >= 15 is 0 Å². The topological polar surface area (TPSA) is 85.8 Å². The zero-order valence-electron chi connectivity index (χ0n) is 19.5. The minimum Gasteiger partial charge on any atom is -0.371 e. The first-order chi connectivity index (χ1) is 16.3. The summed E-state index contributed by atoms with van der Waals surface area (Å²) in [7, 11) is -0.676. The average Bonchev–Trinajstić information content (AvgIpc) is 3.59. The van der Waals surface area contributed by atoms with Crippen LogP contribution in [0, 0.1) is 0 Å². The number of anilines is 3. The number of hydrogen-bond donors (Lipinski definition) is 1. The third-order valence-electron chi connectivity index (χ3n) is 6.45. The van der Waals surface area contributed by atoms with E-state index in [1.54, 1.807) is 23.5 Å². The first-order valence-electron chi connectivity index (χ1n) is 11.6. The molecule has 10 heteroatoms. The molecular weight excluding hydrogens is 470 g/mol. The van der Waals surface area contributed by atoms with E-state index in [0.717, 1.165) is 64.4 Å². The summed E-state index contributed by atoms with van der Waals surface area (Å²) in [6.07, 6.45) is 4.50. The molecule has 0 saturated carbocycles. The summed E-state index contributed by atoms with van der Waals surface area (Å²) < 4.78 is 27.6. The van der Waals surface area contributed by atoms with Gasteiger partial charge in [0.15, 0.2) is 5.13 Å². The molecule has 3 heterocycles. The molecule has 0 unspecified atom stereocenters. The van der Waals surface area contributed by atoms with Crippen LogP contribution in [0.15, 0.2) is 41.3 Å². The Morgan fingerprint density at radius 1 is 0.971 bits per heavy atom. The van der Waals surface area contributed by atoms with Crippen molar-refractivity contribution < 1.29 is 13.2 Å². The Morgan fingerprint density at radius 2 is 1.65 bits per heavy atom. The fraction of sp³-hybridized carbons (Fsp3) is 0.417. The Labute approximate surface area is 204 Å². The second-order valence-electron chi connectivity index (χ2n) is 8.99. The molecule has 2 aliphatic rings. The van der Waals surface area contributed by atoms with Crippen LogP contribution in [0.4, 0.5) is 16.5 Å². The van der Waals surface area contributed by atoms with Gasteiger partial charge >= 0.3 is 0 Å². The van der Waals surface area contributed by atoms with Gasteiger partial charge in [-0.05, 0) is 62.1 Å². The molecule has 2 aromatic carbocycles. The number of nitrogens with zero attached hydrogens (tertiary/aromatic N) is 4. The number of thiazole rings is 1. The molecule has 180 valence electrons. The smallest absolute Gasteiger partial charge is 0.257 e. The van der Waals surface area contributed by atoms with Crippen LogP contribution >= 0.6 is 11.3 Å². The molecule has 2 saturated heterocycles. The van der Waals surface area contributed by atoms with Gasteiger partial charge in [-0.25, -0.2) is 17.7 Å². The van der Waals surface area contributed by atoms with Crippen LogP contribution in [0.1, 0.15) is 36.0 Å². The van der Waals surface area contributed by atoms with Gasteiger partial charge in [0.05, 0.1) is 20.7 Å². The van der Waals surface area contributed by atoms with Gasteiger partial charge in [0.1, 0.15) is 0 Å². The van der Waals surface area contributed by atoms with E-state index < -0.39 is 10.0 Å². The number of amides is 1. The molecule has 1 N–H and O–H groups in total. The van der Waals surface area contributed by atoms with Crippen LogP contribution in [0.25, 0.3) is 10.2 Å². The SMILES string of the molecule is CN(C)S(=O)(=O)c1ccc(N2CCCC2)c(C(=O)Nc2ccc3nc(N4CCCC4)sc3c2)c1. The van der Waals surface area contributed by atoms with Gasteiger partial charge in [-0.3, -0.25) is 4.79 Å². The van der Waals surface area contributed by atoms with E-state index in [4.69, 9.17) is 4.98 Å². The predicted octanol–water partition coefficient (Wildman–Crippen LogP) is 4.00. The number of carbonyl (C=O) groups excluding carboxylic acids is 1. The van der Waals surface area contributed by atoms with E-state index in [1.807, 2.05) is 18.2 Å². The Bertz CT molecular complexity index is 1320. The molecule has 0 bridgehead atoms. The molecule has 2 fully saturated rings. The number of fused-ring (bicyclic) bond motifs is 1. The maximum absolute atomic E-state index is 13.4. The number of sulfonamides is 1. The highest BCUT2D eigenvalue weighted by Crippen LogP contribution is 2.33. The molecule has 0 aliphatic carbocycles. The molecule has 0 atom stereocenters. The van der Waals surface area contributed by atoms with Gasteiger partial charge in [-0.2, -0.15) is 0 Å². The number of carbonyl (C=O) groups is 1. The molecule has 1 amide bonds. The summed E-state index contributed by atoms with van der Waals surface area (Å²) >= 11 is 1.63. The van der Waals surface area contributed by atoms with Gasteiger partial charge < -0.3 is 15.1 Å². The van der Waals surface area contributed by atoms with E-state index in [-0.39, 0.29) is 10.8 Å². The summed E-state index contributed by atoms with van der Waals surface area (Å²) in [5.41, 5.74) is 2.72. The van der Waals surface area contributed by atoms with E-state index in [0.29, 0.717) is 11.3 Å². The van der Waals surface area contributed by atoms with Crippen LogP contribution in [-0.2, 0) is 10.0 Å². The van der Waals surface area contributed by atoms with Gasteiger partial charge in [-0.15, -0.1) is 0 Å². The summed E-state index contributed by atoms with van der Waals surface area (Å²) in [6.45, 7) is 3.78. The number of hydrogen-bond acceptors (Lipinski definition) is 7. The molecule has 1 aromatic heterocycles. The Kier molecular flexibility index (Phi) is 6.22. The van der Waals surface area contributed by atoms with Gasteiger partial charge in [0.2, 0.25) is 10.0 Å². The number of aromatic nitrogens is 1. The molecule has 5 rings (SSSR count). The van der Waals surface area contributed by atoms with Crippen molar-refractivity contribution in [3.8, 4) is 0 Å². The van der Waals surface area contributed by atoms with E-state index in [9.17, 15) is 13.2 Å². The first-order valence-corrected chi connectivity index (χ1v) is 13.9. The van der Waals surface area contributed by atoms with Gasteiger partial charge in [0.25, 0.3) is 5.91 Å². The lowest BCUT2D eigenvalue weighted by Gasteiger charge is -2.22. The zero-order valence-corrected chi connectivity index (χ0v) is 21.1. The highest BCUT2D eigenvalue weighted by Gasteiger charge is 2.25. The number of nitrogens with one attached hydrogen (secondary N) is 1. The lowest BCUT2D eigenvalue weighted by Crippen LogP contribution is -2.25. The van der Waals surface area contributed by atoms with Crippen molar-refractivity contribution in [1.29, 1.82) is 0 Å². The molecule has 3 aromatic rings. The molecule has 0 spiro atoms. The summed E-state index contributed by atoms with van der Waals surface area (Å²) in [5, 5.41) is 4.01. The van der Waals surface area contributed by atoms with Crippen molar-refractivity contribution in [3.05, 3.63) is 42.0 Å². The van der Waals surface area contributed by atoms with Crippen LogP contribution in [0.3, 0.4) is 0 Å². The third kappa shape index (κ3) is 4.37. The van der Waals surface area contributed by atoms with Gasteiger partial charge in [0, 0.05) is 51.6 Å². The quantitative estimate of drug-likeness (QED) is 0.552. The van der Waals surface area contributed by atoms with Crippen LogP contribution in [-0.4, -0.2) is 63.9 Å². The van der Waals surface area contributed by atoms with E-state index in [1.165, 1.54) is 33.0 Å².